The number of aryl methyl sites for hydroxylation is 1. The number of hydrogen-bond acceptors (Lipinski definition) is 3. The summed E-state index contributed by atoms with van der Waals surface area (Å²) in [6, 6.07) is 10.8. The second-order valence-corrected chi connectivity index (χ2v) is 3.84. The van der Waals surface area contributed by atoms with E-state index in [1.165, 1.54) is 0 Å². The summed E-state index contributed by atoms with van der Waals surface area (Å²) in [5.74, 6) is -0.204. The highest BCUT2D eigenvalue weighted by Crippen LogP contribution is 2.13. The van der Waals surface area contributed by atoms with E-state index < -0.39 is 0 Å². The molecule has 1 heterocycles. The minimum Gasteiger partial charge on any atom is -0.323 e. The molecule has 1 aromatic heterocycles. The Labute approximate surface area is 105 Å². The third kappa shape index (κ3) is 2.55. The van der Waals surface area contributed by atoms with Crippen molar-refractivity contribution in [3.8, 4) is 6.07 Å². The minimum absolute atomic E-state index is 0.137. The molecular weight excluding hydrogens is 228 g/mol. The second kappa shape index (κ2) is 5.15. The highest BCUT2D eigenvalue weighted by molar-refractivity contribution is 5.91. The molecule has 5 heteroatoms. The van der Waals surface area contributed by atoms with Gasteiger partial charge in [-0.1, -0.05) is 12.1 Å². The molecule has 0 bridgehead atoms. The van der Waals surface area contributed by atoms with Gasteiger partial charge in [0.25, 0.3) is 0 Å². The van der Waals surface area contributed by atoms with Crippen LogP contribution in [0.15, 0.2) is 36.5 Å². The lowest BCUT2D eigenvalue weighted by molar-refractivity contribution is -0.116. The Morgan fingerprint density at radius 3 is 2.89 bits per heavy atom. The number of benzene rings is 1. The molecule has 18 heavy (non-hydrogen) atoms. The van der Waals surface area contributed by atoms with Crippen molar-refractivity contribution in [2.24, 2.45) is 0 Å². The van der Waals surface area contributed by atoms with Crippen LogP contribution in [0.25, 0.3) is 0 Å². The van der Waals surface area contributed by atoms with Crippen LogP contribution in [0, 0.1) is 18.3 Å². The summed E-state index contributed by atoms with van der Waals surface area (Å²) in [6.07, 6.45) is 1.64. The van der Waals surface area contributed by atoms with Gasteiger partial charge in [-0.3, -0.25) is 9.48 Å². The van der Waals surface area contributed by atoms with Gasteiger partial charge in [-0.2, -0.15) is 10.4 Å². The summed E-state index contributed by atoms with van der Waals surface area (Å²) >= 11 is 0. The van der Waals surface area contributed by atoms with Gasteiger partial charge in [0.15, 0.2) is 0 Å². The number of amides is 1. The molecule has 0 aliphatic carbocycles. The van der Waals surface area contributed by atoms with Crippen LogP contribution < -0.4 is 5.32 Å². The largest absolute Gasteiger partial charge is 0.323 e. The lowest BCUT2D eigenvalue weighted by atomic mass is 10.2. The summed E-state index contributed by atoms with van der Waals surface area (Å²) in [7, 11) is 0. The first-order valence-corrected chi connectivity index (χ1v) is 5.48. The van der Waals surface area contributed by atoms with E-state index in [1.807, 2.05) is 19.1 Å². The van der Waals surface area contributed by atoms with Crippen LogP contribution in [0.5, 0.6) is 0 Å². The van der Waals surface area contributed by atoms with E-state index in [-0.39, 0.29) is 12.5 Å². The van der Waals surface area contributed by atoms with Crippen molar-refractivity contribution in [3.05, 3.63) is 47.8 Å². The molecular formula is C13H12N4O. The number of carbonyl (C=O) groups is 1. The fraction of sp³-hybridized carbons (Fsp3) is 0.154. The molecule has 1 aromatic carbocycles. The van der Waals surface area contributed by atoms with E-state index in [0.717, 1.165) is 5.69 Å². The van der Waals surface area contributed by atoms with Gasteiger partial charge in [0.2, 0.25) is 5.91 Å². The zero-order valence-corrected chi connectivity index (χ0v) is 9.92. The fourth-order valence-corrected chi connectivity index (χ4v) is 1.58. The van der Waals surface area contributed by atoms with Crippen molar-refractivity contribution >= 4 is 11.6 Å². The van der Waals surface area contributed by atoms with Crippen LogP contribution in [0.4, 0.5) is 5.69 Å². The van der Waals surface area contributed by atoms with E-state index in [1.54, 1.807) is 35.1 Å². The Morgan fingerprint density at radius 1 is 1.44 bits per heavy atom. The lowest BCUT2D eigenvalue weighted by Gasteiger charge is -2.07. The highest BCUT2D eigenvalue weighted by atomic mass is 16.2. The van der Waals surface area contributed by atoms with E-state index in [4.69, 9.17) is 5.26 Å². The molecule has 90 valence electrons. The van der Waals surface area contributed by atoms with Crippen LogP contribution in [-0.4, -0.2) is 15.7 Å². The molecule has 0 radical (unpaired) electrons. The van der Waals surface area contributed by atoms with E-state index in [0.29, 0.717) is 11.3 Å². The monoisotopic (exact) mass is 240 g/mol. The number of para-hydroxylation sites is 1. The van der Waals surface area contributed by atoms with Gasteiger partial charge in [-0.15, -0.1) is 0 Å². The molecule has 0 atom stereocenters. The van der Waals surface area contributed by atoms with Crippen LogP contribution in [0.2, 0.25) is 0 Å². The zero-order valence-electron chi connectivity index (χ0n) is 9.92. The summed E-state index contributed by atoms with van der Waals surface area (Å²) in [5.41, 5.74) is 1.89. The molecule has 2 rings (SSSR count). The standard InChI is InChI=1S/C13H12N4O/c1-10-6-7-15-17(10)9-13(18)16-12-5-3-2-4-11(12)8-14/h2-7H,9H2,1H3,(H,16,18). The molecule has 0 aliphatic heterocycles. The second-order valence-electron chi connectivity index (χ2n) is 3.84. The van der Waals surface area contributed by atoms with Crippen molar-refractivity contribution in [2.75, 3.05) is 5.32 Å². The summed E-state index contributed by atoms with van der Waals surface area (Å²) in [6.45, 7) is 2.02. The predicted molar refractivity (Wildman–Crippen MR) is 66.8 cm³/mol. The third-order valence-electron chi connectivity index (χ3n) is 2.54. The van der Waals surface area contributed by atoms with Crippen LogP contribution >= 0.6 is 0 Å². The quantitative estimate of drug-likeness (QED) is 0.887. The van der Waals surface area contributed by atoms with Crippen LogP contribution in [0.1, 0.15) is 11.3 Å². The number of carbonyl (C=O) groups excluding carboxylic acids is 1. The molecule has 1 amide bonds. The number of nitrogens with zero attached hydrogens (tertiary/aromatic N) is 3. The Hall–Kier alpha value is -2.61. The van der Waals surface area contributed by atoms with E-state index in [2.05, 4.69) is 10.4 Å². The number of anilines is 1. The summed E-state index contributed by atoms with van der Waals surface area (Å²) in [4.78, 5) is 11.8. The Morgan fingerprint density at radius 2 is 2.22 bits per heavy atom. The van der Waals surface area contributed by atoms with Gasteiger partial charge in [0, 0.05) is 11.9 Å². The molecule has 5 nitrogen and oxygen atoms in total. The van der Waals surface area contributed by atoms with Gasteiger partial charge in [-0.05, 0) is 25.1 Å². The van der Waals surface area contributed by atoms with Crippen molar-refractivity contribution in [3.63, 3.8) is 0 Å². The Kier molecular flexibility index (Phi) is 3.39. The zero-order chi connectivity index (χ0) is 13.0. The van der Waals surface area contributed by atoms with Crippen molar-refractivity contribution in [1.29, 1.82) is 5.26 Å². The fourth-order valence-electron chi connectivity index (χ4n) is 1.58. The number of nitrogens with one attached hydrogen (secondary N) is 1. The van der Waals surface area contributed by atoms with Gasteiger partial charge in [0.1, 0.15) is 12.6 Å². The molecule has 0 aliphatic rings. The Bertz CT molecular complexity index is 609. The van der Waals surface area contributed by atoms with Crippen molar-refractivity contribution in [1.82, 2.24) is 9.78 Å². The topological polar surface area (TPSA) is 70.7 Å². The SMILES string of the molecule is Cc1ccnn1CC(=O)Nc1ccccc1C#N. The minimum atomic E-state index is -0.204. The first kappa shape index (κ1) is 11.9. The molecule has 1 N–H and O–H groups in total. The van der Waals surface area contributed by atoms with E-state index in [9.17, 15) is 4.79 Å². The van der Waals surface area contributed by atoms with Crippen LogP contribution in [0.3, 0.4) is 0 Å². The van der Waals surface area contributed by atoms with Gasteiger partial charge < -0.3 is 5.32 Å². The van der Waals surface area contributed by atoms with Gasteiger partial charge in [-0.25, -0.2) is 0 Å². The molecule has 0 saturated heterocycles. The summed E-state index contributed by atoms with van der Waals surface area (Å²) in [5, 5.41) is 15.6. The molecule has 0 saturated carbocycles. The average molecular weight is 240 g/mol. The first-order valence-electron chi connectivity index (χ1n) is 5.48. The normalized spacial score (nSPS) is 9.78. The van der Waals surface area contributed by atoms with Crippen molar-refractivity contribution < 1.29 is 4.79 Å². The maximum Gasteiger partial charge on any atom is 0.246 e. The maximum absolute atomic E-state index is 11.8. The van der Waals surface area contributed by atoms with E-state index >= 15 is 0 Å². The molecule has 0 unspecified atom stereocenters. The molecule has 2 aromatic rings. The van der Waals surface area contributed by atoms with Crippen molar-refractivity contribution in [2.45, 2.75) is 13.5 Å². The third-order valence-corrected chi connectivity index (χ3v) is 2.54. The maximum atomic E-state index is 11.8. The highest BCUT2D eigenvalue weighted by Gasteiger charge is 2.08. The Balaban J connectivity index is 2.08. The smallest absolute Gasteiger partial charge is 0.246 e. The average Bonchev–Trinajstić information content (AvgIpc) is 2.75. The molecule has 0 spiro atoms. The van der Waals surface area contributed by atoms with Gasteiger partial charge >= 0.3 is 0 Å². The van der Waals surface area contributed by atoms with Gasteiger partial charge in [0.05, 0.1) is 11.3 Å². The lowest BCUT2D eigenvalue weighted by Crippen LogP contribution is -2.20. The number of hydrogen-bond donors (Lipinski definition) is 1. The number of aromatic nitrogens is 2. The first-order chi connectivity index (χ1) is 8.70. The van der Waals surface area contributed by atoms with Crippen LogP contribution in [-0.2, 0) is 11.3 Å². The number of rotatable bonds is 3. The predicted octanol–water partition coefficient (Wildman–Crippen LogP) is 1.70. The molecule has 0 fully saturated rings. The number of nitriles is 1. The summed E-state index contributed by atoms with van der Waals surface area (Å²) < 4.78 is 1.60.